The molecule has 0 amide bonds. The fourth-order valence-electron chi connectivity index (χ4n) is 4.47. The first-order valence-corrected chi connectivity index (χ1v) is 10.8. The van der Waals surface area contributed by atoms with E-state index in [4.69, 9.17) is 23.7 Å². The molecule has 8 heteroatoms. The zero-order valence-corrected chi connectivity index (χ0v) is 19.3. The summed E-state index contributed by atoms with van der Waals surface area (Å²) in [5.41, 5.74) is 2.28. The number of carbonyl (C=O) groups is 2. The van der Waals surface area contributed by atoms with Crippen molar-refractivity contribution in [1.82, 2.24) is 0 Å². The molecule has 0 aromatic heterocycles. The first-order chi connectivity index (χ1) is 16.9. The van der Waals surface area contributed by atoms with Gasteiger partial charge in [-0.25, -0.2) is 0 Å². The van der Waals surface area contributed by atoms with Gasteiger partial charge < -0.3 is 28.8 Å². The molecular weight excluding hydrogens is 452 g/mol. The number of phenols is 1. The van der Waals surface area contributed by atoms with Crippen molar-refractivity contribution >= 4 is 17.8 Å². The molecule has 0 spiro atoms. The summed E-state index contributed by atoms with van der Waals surface area (Å²) in [7, 11) is 4.51. The molecule has 1 N–H and O–H groups in total. The van der Waals surface area contributed by atoms with Crippen LogP contribution in [-0.2, 0) is 4.79 Å². The first-order valence-electron chi connectivity index (χ1n) is 10.8. The smallest absolute Gasteiger partial charge is 0.312 e. The number of methoxy groups -OCH3 is 3. The summed E-state index contributed by atoms with van der Waals surface area (Å²) in [6.07, 6.45) is 1.64. The molecule has 0 radical (unpaired) electrons. The number of carbonyl (C=O) groups excluding carboxylic acids is 2. The molecule has 1 atom stereocenters. The predicted octanol–water partition coefficient (Wildman–Crippen LogP) is 4.48. The molecule has 0 saturated heterocycles. The van der Waals surface area contributed by atoms with E-state index in [-0.39, 0.29) is 29.5 Å². The topological polar surface area (TPSA) is 101 Å². The van der Waals surface area contributed by atoms with Gasteiger partial charge in [0.2, 0.25) is 5.78 Å². The molecule has 0 aliphatic carbocycles. The number of rotatable bonds is 5. The summed E-state index contributed by atoms with van der Waals surface area (Å²) in [6.45, 7) is 0. The maximum atomic E-state index is 13.3. The molecule has 0 bridgehead atoms. The second kappa shape index (κ2) is 8.72. The number of benzene rings is 3. The van der Waals surface area contributed by atoms with Gasteiger partial charge in [-0.3, -0.25) is 9.59 Å². The van der Waals surface area contributed by atoms with Gasteiger partial charge in [0.15, 0.2) is 28.8 Å². The summed E-state index contributed by atoms with van der Waals surface area (Å²) < 4.78 is 27.6. The van der Waals surface area contributed by atoms with E-state index >= 15 is 0 Å². The van der Waals surface area contributed by atoms with Crippen LogP contribution in [0.4, 0.5) is 0 Å². The van der Waals surface area contributed by atoms with Gasteiger partial charge in [0.05, 0.1) is 33.3 Å². The number of ether oxygens (including phenoxy) is 5. The number of phenolic OH excluding ortho intramolecular Hbond substituents is 1. The van der Waals surface area contributed by atoms with E-state index in [1.54, 1.807) is 48.5 Å². The Morgan fingerprint density at radius 2 is 1.74 bits per heavy atom. The van der Waals surface area contributed by atoms with E-state index in [1.165, 1.54) is 27.4 Å². The van der Waals surface area contributed by atoms with Gasteiger partial charge in [0.25, 0.3) is 0 Å². The zero-order valence-electron chi connectivity index (χ0n) is 19.3. The standard InChI is InChI=1S/C27H22O8/c1-31-20-6-4-5-15(26(20)33-3)12-22-25(30)16-8-10-19-24(27(16)35-22)17(13-23(29)34-19)14-7-9-18(28)21(11-14)32-2/h4-12,17,28H,13H2,1-3H3. The SMILES string of the molecule is COc1cc(C2CC(=O)Oc3ccc4c(c32)OC(=Cc2cccc(OC)c2OC)C4=O)ccc1O. The summed E-state index contributed by atoms with van der Waals surface area (Å²) in [6, 6.07) is 13.4. The fraction of sp³-hybridized carbons (Fsp3) is 0.185. The maximum Gasteiger partial charge on any atom is 0.312 e. The predicted molar refractivity (Wildman–Crippen MR) is 126 cm³/mol. The Balaban J connectivity index is 1.61. The summed E-state index contributed by atoms with van der Waals surface area (Å²) in [5, 5.41) is 10.0. The highest BCUT2D eigenvalue weighted by molar-refractivity contribution is 6.15. The minimum Gasteiger partial charge on any atom is -0.504 e. The molecule has 35 heavy (non-hydrogen) atoms. The van der Waals surface area contributed by atoms with Crippen molar-refractivity contribution in [1.29, 1.82) is 0 Å². The Labute approximate surface area is 201 Å². The minimum absolute atomic E-state index is 0.0166. The average molecular weight is 474 g/mol. The number of fused-ring (bicyclic) bond motifs is 3. The summed E-state index contributed by atoms with van der Waals surface area (Å²) >= 11 is 0. The quantitative estimate of drug-likeness (QED) is 0.328. The largest absolute Gasteiger partial charge is 0.504 e. The Hall–Kier alpha value is -4.46. The van der Waals surface area contributed by atoms with Crippen LogP contribution in [0.5, 0.6) is 34.5 Å². The Morgan fingerprint density at radius 3 is 2.49 bits per heavy atom. The van der Waals surface area contributed by atoms with Crippen LogP contribution in [-0.4, -0.2) is 38.2 Å². The zero-order chi connectivity index (χ0) is 24.7. The lowest BCUT2D eigenvalue weighted by molar-refractivity contribution is -0.135. The number of esters is 1. The van der Waals surface area contributed by atoms with Crippen molar-refractivity contribution in [2.75, 3.05) is 21.3 Å². The highest BCUT2D eigenvalue weighted by atomic mass is 16.5. The molecule has 178 valence electrons. The van der Waals surface area contributed by atoms with Crippen LogP contribution in [0.15, 0.2) is 54.3 Å². The number of allylic oxidation sites excluding steroid dienone is 1. The summed E-state index contributed by atoms with van der Waals surface area (Å²) in [5.74, 6) is 0.858. The van der Waals surface area contributed by atoms with E-state index in [9.17, 15) is 14.7 Å². The molecule has 1 unspecified atom stereocenters. The maximum absolute atomic E-state index is 13.3. The molecule has 2 aliphatic heterocycles. The van der Waals surface area contributed by atoms with Gasteiger partial charge in [-0.15, -0.1) is 0 Å². The molecule has 0 fully saturated rings. The lowest BCUT2D eigenvalue weighted by atomic mass is 9.84. The van der Waals surface area contributed by atoms with E-state index in [1.807, 2.05) is 0 Å². The van der Waals surface area contributed by atoms with Crippen LogP contribution in [0.3, 0.4) is 0 Å². The van der Waals surface area contributed by atoms with Gasteiger partial charge in [-0.05, 0) is 42.0 Å². The Bertz CT molecular complexity index is 1390. The molecule has 5 rings (SSSR count). The lowest BCUT2D eigenvalue weighted by Crippen LogP contribution is -2.21. The van der Waals surface area contributed by atoms with Crippen molar-refractivity contribution in [3.05, 3.63) is 76.5 Å². The van der Waals surface area contributed by atoms with Crippen LogP contribution in [0, 0.1) is 0 Å². The number of para-hydroxylation sites is 1. The fourth-order valence-corrected chi connectivity index (χ4v) is 4.47. The minimum atomic E-state index is -0.464. The Kier molecular flexibility index (Phi) is 5.56. The van der Waals surface area contributed by atoms with Crippen molar-refractivity contribution in [3.63, 3.8) is 0 Å². The highest BCUT2D eigenvalue weighted by Gasteiger charge is 2.38. The van der Waals surface area contributed by atoms with Gasteiger partial charge in [0.1, 0.15) is 11.5 Å². The number of hydrogen-bond acceptors (Lipinski definition) is 8. The van der Waals surface area contributed by atoms with Crippen molar-refractivity contribution in [2.24, 2.45) is 0 Å². The molecule has 3 aromatic carbocycles. The number of Topliss-reactive ketones (excluding diaryl/α,β-unsaturated/α-hetero) is 1. The van der Waals surface area contributed by atoms with Gasteiger partial charge in [0, 0.05) is 17.0 Å². The van der Waals surface area contributed by atoms with Gasteiger partial charge in [-0.1, -0.05) is 18.2 Å². The Morgan fingerprint density at radius 1 is 0.943 bits per heavy atom. The van der Waals surface area contributed by atoms with Crippen LogP contribution in [0.2, 0.25) is 0 Å². The molecule has 2 heterocycles. The van der Waals surface area contributed by atoms with Crippen LogP contribution < -0.4 is 23.7 Å². The third-order valence-electron chi connectivity index (χ3n) is 6.11. The monoisotopic (exact) mass is 474 g/mol. The molecule has 3 aromatic rings. The normalized spacial score (nSPS) is 17.3. The van der Waals surface area contributed by atoms with Crippen LogP contribution >= 0.6 is 0 Å². The molecule has 0 saturated carbocycles. The first kappa shape index (κ1) is 22.3. The molecule has 8 nitrogen and oxygen atoms in total. The van der Waals surface area contributed by atoms with E-state index < -0.39 is 11.9 Å². The van der Waals surface area contributed by atoms with Gasteiger partial charge >= 0.3 is 5.97 Å². The molecular formula is C27H22O8. The lowest BCUT2D eigenvalue weighted by Gasteiger charge is -2.26. The average Bonchev–Trinajstić information content (AvgIpc) is 3.18. The molecule has 2 aliphatic rings. The highest BCUT2D eigenvalue weighted by Crippen LogP contribution is 2.50. The summed E-state index contributed by atoms with van der Waals surface area (Å²) in [4.78, 5) is 25.7. The number of ketones is 1. The van der Waals surface area contributed by atoms with Gasteiger partial charge in [-0.2, -0.15) is 0 Å². The van der Waals surface area contributed by atoms with Crippen molar-refractivity contribution < 1.29 is 38.4 Å². The van der Waals surface area contributed by atoms with Crippen molar-refractivity contribution in [3.8, 4) is 34.5 Å². The van der Waals surface area contributed by atoms with E-state index in [0.29, 0.717) is 45.3 Å². The number of hydrogen-bond donors (Lipinski definition) is 1. The van der Waals surface area contributed by atoms with E-state index in [0.717, 1.165) is 0 Å². The third kappa shape index (κ3) is 3.73. The van der Waals surface area contributed by atoms with Crippen LogP contribution in [0.25, 0.3) is 6.08 Å². The second-order valence-corrected chi connectivity index (χ2v) is 8.04. The second-order valence-electron chi connectivity index (χ2n) is 8.04. The number of aromatic hydroxyl groups is 1. The van der Waals surface area contributed by atoms with E-state index in [2.05, 4.69) is 0 Å². The van der Waals surface area contributed by atoms with Crippen LogP contribution in [0.1, 0.15) is 39.4 Å². The third-order valence-corrected chi connectivity index (χ3v) is 6.11. The van der Waals surface area contributed by atoms with Crippen molar-refractivity contribution in [2.45, 2.75) is 12.3 Å².